The Morgan fingerprint density at radius 3 is 2.45 bits per heavy atom. The Labute approximate surface area is 130 Å². The molecule has 7 nitrogen and oxygen atoms in total. The van der Waals surface area contributed by atoms with Gasteiger partial charge in [-0.15, -0.1) is 0 Å². The number of rotatable bonds is 8. The minimum absolute atomic E-state index is 0.0953. The van der Waals surface area contributed by atoms with E-state index in [9.17, 15) is 22.4 Å². The van der Waals surface area contributed by atoms with Crippen LogP contribution in [0.15, 0.2) is 18.2 Å². The lowest BCUT2D eigenvalue weighted by Gasteiger charge is -2.14. The molecule has 0 heterocycles. The van der Waals surface area contributed by atoms with Gasteiger partial charge in [0.2, 0.25) is 10.0 Å². The second-order valence-electron chi connectivity index (χ2n) is 4.44. The largest absolute Gasteiger partial charge is 0.481 e. The van der Waals surface area contributed by atoms with E-state index in [0.717, 1.165) is 12.1 Å². The Morgan fingerprint density at radius 1 is 1.32 bits per heavy atom. The number of carboxylic acid groups (broad SMARTS) is 2. The molecule has 0 radical (unpaired) electrons. The highest BCUT2D eigenvalue weighted by molar-refractivity contribution is 7.88. The summed E-state index contributed by atoms with van der Waals surface area (Å²) in [5, 5.41) is 17.3. The molecule has 0 spiro atoms. The van der Waals surface area contributed by atoms with Gasteiger partial charge in [0.15, 0.2) is 0 Å². The summed E-state index contributed by atoms with van der Waals surface area (Å²) in [6, 6.07) is 1.56. The van der Waals surface area contributed by atoms with Gasteiger partial charge in [0.05, 0.1) is 5.75 Å². The molecule has 0 saturated heterocycles. The maximum Gasteiger partial charge on any atom is 0.321 e. The van der Waals surface area contributed by atoms with E-state index in [2.05, 4.69) is 0 Å². The van der Waals surface area contributed by atoms with Gasteiger partial charge in [-0.1, -0.05) is 17.7 Å². The molecule has 22 heavy (non-hydrogen) atoms. The van der Waals surface area contributed by atoms with E-state index < -0.39 is 52.4 Å². The fraction of sp³-hybridized carbons (Fsp3) is 0.333. The third-order valence-electron chi connectivity index (χ3n) is 2.63. The summed E-state index contributed by atoms with van der Waals surface area (Å²) >= 11 is 5.71. The van der Waals surface area contributed by atoms with Crippen LogP contribution in [-0.4, -0.2) is 36.6 Å². The van der Waals surface area contributed by atoms with Gasteiger partial charge in [-0.05, 0) is 24.1 Å². The fourth-order valence-electron chi connectivity index (χ4n) is 1.60. The maximum absolute atomic E-state index is 12.9. The SMILES string of the molecule is O=C(O)CC[C@@H](NS(=O)(=O)Cc1ccc(F)cc1Cl)C(=O)O. The van der Waals surface area contributed by atoms with Crippen LogP contribution in [0, 0.1) is 5.82 Å². The van der Waals surface area contributed by atoms with Gasteiger partial charge in [0, 0.05) is 11.4 Å². The molecule has 3 N–H and O–H groups in total. The predicted octanol–water partition coefficient (Wildman–Crippen LogP) is 1.22. The van der Waals surface area contributed by atoms with Gasteiger partial charge in [0.25, 0.3) is 0 Å². The highest BCUT2D eigenvalue weighted by atomic mass is 35.5. The summed E-state index contributed by atoms with van der Waals surface area (Å²) < 4.78 is 38.6. The molecular formula is C12H13ClFNO6S. The van der Waals surface area contributed by atoms with Crippen molar-refractivity contribution in [1.82, 2.24) is 4.72 Å². The summed E-state index contributed by atoms with van der Waals surface area (Å²) in [5.74, 6) is -4.02. The highest BCUT2D eigenvalue weighted by Gasteiger charge is 2.25. The van der Waals surface area contributed by atoms with Crippen molar-refractivity contribution in [3.63, 3.8) is 0 Å². The Balaban J connectivity index is 2.83. The smallest absolute Gasteiger partial charge is 0.321 e. The van der Waals surface area contributed by atoms with Crippen LogP contribution in [-0.2, 0) is 25.4 Å². The van der Waals surface area contributed by atoms with Crippen molar-refractivity contribution in [2.24, 2.45) is 0 Å². The standard InChI is InChI=1S/C12H13ClFNO6S/c13-9-5-8(14)2-1-7(9)6-22(20,21)15-10(12(18)19)3-4-11(16)17/h1-2,5,10,15H,3-4,6H2,(H,16,17)(H,18,19)/t10-/m1/s1. The molecule has 1 atom stereocenters. The normalized spacial score (nSPS) is 12.8. The van der Waals surface area contributed by atoms with Crippen molar-refractivity contribution in [2.45, 2.75) is 24.6 Å². The number of nitrogens with one attached hydrogen (secondary N) is 1. The number of aliphatic carboxylic acids is 2. The molecule has 0 unspecified atom stereocenters. The number of halogens is 2. The number of carbonyl (C=O) groups is 2. The van der Waals surface area contributed by atoms with Crippen LogP contribution in [0.2, 0.25) is 5.02 Å². The lowest BCUT2D eigenvalue weighted by molar-refractivity contribution is -0.140. The van der Waals surface area contributed by atoms with Crippen LogP contribution >= 0.6 is 11.6 Å². The van der Waals surface area contributed by atoms with E-state index in [4.69, 9.17) is 21.8 Å². The van der Waals surface area contributed by atoms with Crippen molar-refractivity contribution in [3.8, 4) is 0 Å². The van der Waals surface area contributed by atoms with Crippen LogP contribution in [0.1, 0.15) is 18.4 Å². The molecule has 0 bridgehead atoms. The minimum atomic E-state index is -4.09. The van der Waals surface area contributed by atoms with E-state index >= 15 is 0 Å². The molecule has 10 heteroatoms. The van der Waals surface area contributed by atoms with Crippen molar-refractivity contribution in [2.75, 3.05) is 0 Å². The molecule has 1 rings (SSSR count). The van der Waals surface area contributed by atoms with Crippen molar-refractivity contribution in [1.29, 1.82) is 0 Å². The Morgan fingerprint density at radius 2 is 1.95 bits per heavy atom. The van der Waals surface area contributed by atoms with E-state index in [-0.39, 0.29) is 10.6 Å². The number of hydrogen-bond donors (Lipinski definition) is 3. The fourth-order valence-corrected chi connectivity index (χ4v) is 3.31. The summed E-state index contributed by atoms with van der Waals surface area (Å²) in [7, 11) is -4.09. The molecule has 0 aliphatic rings. The van der Waals surface area contributed by atoms with Crippen LogP contribution in [0.3, 0.4) is 0 Å². The third-order valence-corrected chi connectivity index (χ3v) is 4.31. The molecular weight excluding hydrogens is 341 g/mol. The molecule has 0 aliphatic carbocycles. The molecule has 122 valence electrons. The van der Waals surface area contributed by atoms with Gasteiger partial charge < -0.3 is 10.2 Å². The van der Waals surface area contributed by atoms with Gasteiger partial charge in [-0.25, -0.2) is 17.5 Å². The highest BCUT2D eigenvalue weighted by Crippen LogP contribution is 2.19. The Hall–Kier alpha value is -1.71. The molecule has 1 aromatic rings. The quantitative estimate of drug-likeness (QED) is 0.646. The van der Waals surface area contributed by atoms with Gasteiger partial charge in [-0.2, -0.15) is 0 Å². The van der Waals surface area contributed by atoms with Crippen molar-refractivity contribution in [3.05, 3.63) is 34.6 Å². The first-order valence-corrected chi connectivity index (χ1v) is 8.02. The van der Waals surface area contributed by atoms with E-state index in [1.807, 2.05) is 4.72 Å². The Bertz CT molecular complexity index is 678. The monoisotopic (exact) mass is 353 g/mol. The van der Waals surface area contributed by atoms with Gasteiger partial charge in [0.1, 0.15) is 11.9 Å². The Kier molecular flexibility index (Phi) is 6.27. The zero-order chi connectivity index (χ0) is 16.9. The summed E-state index contributed by atoms with van der Waals surface area (Å²) in [6.45, 7) is 0. The average Bonchev–Trinajstić information content (AvgIpc) is 2.37. The first-order valence-electron chi connectivity index (χ1n) is 5.99. The zero-order valence-corrected chi connectivity index (χ0v) is 12.7. The minimum Gasteiger partial charge on any atom is -0.481 e. The molecule has 0 aliphatic heterocycles. The third kappa shape index (κ3) is 5.96. The second-order valence-corrected chi connectivity index (χ2v) is 6.60. The van der Waals surface area contributed by atoms with Crippen LogP contribution < -0.4 is 4.72 Å². The van der Waals surface area contributed by atoms with E-state index in [0.29, 0.717) is 0 Å². The predicted molar refractivity (Wildman–Crippen MR) is 75.5 cm³/mol. The van der Waals surface area contributed by atoms with Crippen molar-refractivity contribution >= 4 is 33.6 Å². The van der Waals surface area contributed by atoms with Gasteiger partial charge in [-0.3, -0.25) is 9.59 Å². The number of carboxylic acids is 2. The second kappa shape index (κ2) is 7.52. The first-order chi connectivity index (χ1) is 10.1. The average molecular weight is 354 g/mol. The first kappa shape index (κ1) is 18.3. The summed E-state index contributed by atoms with van der Waals surface area (Å²) in [4.78, 5) is 21.4. The summed E-state index contributed by atoms with van der Waals surface area (Å²) in [5.41, 5.74) is 0.0953. The lowest BCUT2D eigenvalue weighted by atomic mass is 10.2. The van der Waals surface area contributed by atoms with E-state index in [1.54, 1.807) is 0 Å². The molecule has 0 aromatic heterocycles. The molecule has 0 fully saturated rings. The molecule has 0 amide bonds. The van der Waals surface area contributed by atoms with Crippen LogP contribution in [0.5, 0.6) is 0 Å². The van der Waals surface area contributed by atoms with Crippen LogP contribution in [0.25, 0.3) is 0 Å². The van der Waals surface area contributed by atoms with Crippen LogP contribution in [0.4, 0.5) is 4.39 Å². The summed E-state index contributed by atoms with van der Waals surface area (Å²) in [6.07, 6.45) is -0.905. The van der Waals surface area contributed by atoms with Gasteiger partial charge >= 0.3 is 11.9 Å². The topological polar surface area (TPSA) is 121 Å². The molecule has 1 aromatic carbocycles. The number of sulfonamides is 1. The lowest BCUT2D eigenvalue weighted by Crippen LogP contribution is -2.41. The number of hydrogen-bond acceptors (Lipinski definition) is 4. The zero-order valence-electron chi connectivity index (χ0n) is 11.1. The van der Waals surface area contributed by atoms with E-state index in [1.165, 1.54) is 6.07 Å². The van der Waals surface area contributed by atoms with Crippen molar-refractivity contribution < 1.29 is 32.6 Å². The number of benzene rings is 1. The maximum atomic E-state index is 12.9. The molecule has 0 saturated carbocycles.